The molecule has 0 saturated carbocycles. The molecule has 0 spiro atoms. The van der Waals surface area contributed by atoms with Crippen LogP contribution in [0.4, 0.5) is 0 Å². The number of para-hydroxylation sites is 1. The topological polar surface area (TPSA) is 59.9 Å². The number of hydrogen-bond donors (Lipinski definition) is 1. The molecule has 2 aromatic rings. The van der Waals surface area contributed by atoms with Gasteiger partial charge in [0.25, 0.3) is 5.91 Å². The van der Waals surface area contributed by atoms with Gasteiger partial charge in [0.2, 0.25) is 0 Å². The molecular weight excluding hydrogens is 328 g/mol. The Morgan fingerprint density at radius 2 is 2.00 bits per heavy atom. The van der Waals surface area contributed by atoms with E-state index in [0.717, 1.165) is 0 Å². The van der Waals surface area contributed by atoms with Crippen LogP contribution in [0.3, 0.4) is 0 Å². The van der Waals surface area contributed by atoms with E-state index in [9.17, 15) is 4.79 Å². The second-order valence-corrected chi connectivity index (χ2v) is 5.69. The summed E-state index contributed by atoms with van der Waals surface area (Å²) >= 11 is 5.87. The summed E-state index contributed by atoms with van der Waals surface area (Å²) in [5.74, 6) is 0.840. The molecule has 1 amide bonds. The molecule has 0 heterocycles. The Labute approximate surface area is 146 Å². The number of carbonyl (C=O) groups is 1. The Hall–Kier alpha value is -2.53. The van der Waals surface area contributed by atoms with Gasteiger partial charge in [-0.25, -0.2) is 5.43 Å². The highest BCUT2D eigenvalue weighted by Gasteiger charge is 2.11. The van der Waals surface area contributed by atoms with Crippen molar-refractivity contribution in [2.24, 2.45) is 5.10 Å². The monoisotopic (exact) mass is 346 g/mol. The highest BCUT2D eigenvalue weighted by atomic mass is 35.5. The third-order valence-electron chi connectivity index (χ3n) is 3.04. The number of methoxy groups -OCH3 is 1. The predicted octanol–water partition coefficient (Wildman–Crippen LogP) is 3.90. The molecule has 24 heavy (non-hydrogen) atoms. The van der Waals surface area contributed by atoms with Crippen LogP contribution in [0.15, 0.2) is 47.6 Å². The van der Waals surface area contributed by atoms with Crippen LogP contribution in [0.1, 0.15) is 29.8 Å². The zero-order chi connectivity index (χ0) is 17.5. The Balaban J connectivity index is 2.15. The molecule has 0 fully saturated rings. The highest BCUT2D eigenvalue weighted by Crippen LogP contribution is 2.30. The normalized spacial score (nSPS) is 10.9. The smallest absolute Gasteiger partial charge is 0.271 e. The van der Waals surface area contributed by atoms with E-state index in [0.29, 0.717) is 27.6 Å². The van der Waals surface area contributed by atoms with Gasteiger partial charge in [0.1, 0.15) is 0 Å². The largest absolute Gasteiger partial charge is 0.493 e. The SMILES string of the molecule is COc1cccc(/C=N\NC(=O)c2cccc(Cl)c2)c1OC(C)C. The molecule has 2 aromatic carbocycles. The average Bonchev–Trinajstić information content (AvgIpc) is 2.55. The number of hydrazone groups is 1. The second-order valence-electron chi connectivity index (χ2n) is 5.25. The molecular formula is C18H19ClN2O3. The maximum atomic E-state index is 12.0. The summed E-state index contributed by atoms with van der Waals surface area (Å²) in [6.07, 6.45) is 1.50. The van der Waals surface area contributed by atoms with Crippen molar-refractivity contribution in [1.82, 2.24) is 5.43 Å². The van der Waals surface area contributed by atoms with Crippen LogP contribution in [0, 0.1) is 0 Å². The Morgan fingerprint density at radius 3 is 2.67 bits per heavy atom. The number of rotatable bonds is 6. The van der Waals surface area contributed by atoms with Crippen LogP contribution in [0.2, 0.25) is 5.02 Å². The van der Waals surface area contributed by atoms with Gasteiger partial charge in [0, 0.05) is 16.1 Å². The van der Waals surface area contributed by atoms with Crippen molar-refractivity contribution in [3.63, 3.8) is 0 Å². The Bertz CT molecular complexity index is 745. The first-order chi connectivity index (χ1) is 11.5. The number of nitrogens with one attached hydrogen (secondary N) is 1. The van der Waals surface area contributed by atoms with E-state index in [1.807, 2.05) is 26.0 Å². The van der Waals surface area contributed by atoms with E-state index in [4.69, 9.17) is 21.1 Å². The molecule has 126 valence electrons. The lowest BCUT2D eigenvalue weighted by molar-refractivity contribution is 0.0955. The third kappa shape index (κ3) is 4.73. The van der Waals surface area contributed by atoms with Gasteiger partial charge in [-0.1, -0.05) is 23.7 Å². The molecule has 0 unspecified atom stereocenters. The molecule has 0 aliphatic rings. The highest BCUT2D eigenvalue weighted by molar-refractivity contribution is 6.30. The van der Waals surface area contributed by atoms with Gasteiger partial charge in [-0.2, -0.15) is 5.10 Å². The molecule has 5 nitrogen and oxygen atoms in total. The van der Waals surface area contributed by atoms with E-state index in [-0.39, 0.29) is 12.0 Å². The van der Waals surface area contributed by atoms with Gasteiger partial charge in [-0.3, -0.25) is 4.79 Å². The average molecular weight is 347 g/mol. The van der Waals surface area contributed by atoms with E-state index in [1.165, 1.54) is 6.21 Å². The Morgan fingerprint density at radius 1 is 1.25 bits per heavy atom. The summed E-state index contributed by atoms with van der Waals surface area (Å²) in [4.78, 5) is 12.0. The molecule has 0 saturated heterocycles. The van der Waals surface area contributed by atoms with Crippen molar-refractivity contribution >= 4 is 23.7 Å². The quantitative estimate of drug-likeness (QED) is 0.637. The fraction of sp³-hybridized carbons (Fsp3) is 0.222. The second kappa shape index (κ2) is 8.36. The lowest BCUT2D eigenvalue weighted by Crippen LogP contribution is -2.17. The molecule has 0 atom stereocenters. The summed E-state index contributed by atoms with van der Waals surface area (Å²) in [7, 11) is 1.57. The number of benzene rings is 2. The zero-order valence-electron chi connectivity index (χ0n) is 13.7. The van der Waals surface area contributed by atoms with E-state index in [2.05, 4.69) is 10.5 Å². The van der Waals surface area contributed by atoms with Crippen molar-refractivity contribution < 1.29 is 14.3 Å². The first-order valence-electron chi connectivity index (χ1n) is 7.44. The standard InChI is InChI=1S/C18H19ClN2O3/c1-12(2)24-17-14(7-5-9-16(17)23-3)11-20-21-18(22)13-6-4-8-15(19)10-13/h4-12H,1-3H3,(H,21,22)/b20-11-. The molecule has 0 aliphatic heterocycles. The minimum absolute atomic E-state index is 0.0190. The van der Waals surface area contributed by atoms with Crippen molar-refractivity contribution in [3.8, 4) is 11.5 Å². The maximum absolute atomic E-state index is 12.0. The summed E-state index contributed by atoms with van der Waals surface area (Å²) in [6.45, 7) is 3.85. The minimum atomic E-state index is -0.344. The summed E-state index contributed by atoms with van der Waals surface area (Å²) < 4.78 is 11.1. The third-order valence-corrected chi connectivity index (χ3v) is 3.27. The van der Waals surface area contributed by atoms with E-state index in [1.54, 1.807) is 37.4 Å². The molecule has 0 aliphatic carbocycles. The fourth-order valence-electron chi connectivity index (χ4n) is 2.01. The molecule has 0 radical (unpaired) electrons. The van der Waals surface area contributed by atoms with Crippen LogP contribution < -0.4 is 14.9 Å². The number of amides is 1. The van der Waals surface area contributed by atoms with Crippen molar-refractivity contribution in [2.75, 3.05) is 7.11 Å². The minimum Gasteiger partial charge on any atom is -0.493 e. The molecule has 6 heteroatoms. The zero-order valence-corrected chi connectivity index (χ0v) is 14.5. The lowest BCUT2D eigenvalue weighted by Gasteiger charge is -2.15. The number of nitrogens with zero attached hydrogens (tertiary/aromatic N) is 1. The number of halogens is 1. The Kier molecular flexibility index (Phi) is 6.21. The number of ether oxygens (including phenoxy) is 2. The van der Waals surface area contributed by atoms with Crippen molar-refractivity contribution in [2.45, 2.75) is 20.0 Å². The van der Waals surface area contributed by atoms with E-state index >= 15 is 0 Å². The molecule has 1 N–H and O–H groups in total. The summed E-state index contributed by atoms with van der Waals surface area (Å²) in [6, 6.07) is 12.1. The van der Waals surface area contributed by atoms with Crippen LogP contribution >= 0.6 is 11.6 Å². The van der Waals surface area contributed by atoms with Crippen LogP contribution in [-0.4, -0.2) is 25.3 Å². The lowest BCUT2D eigenvalue weighted by atomic mass is 10.2. The van der Waals surface area contributed by atoms with Crippen molar-refractivity contribution in [3.05, 3.63) is 58.6 Å². The first-order valence-corrected chi connectivity index (χ1v) is 7.81. The van der Waals surface area contributed by atoms with Crippen molar-refractivity contribution in [1.29, 1.82) is 0 Å². The van der Waals surface area contributed by atoms with Crippen LogP contribution in [0.5, 0.6) is 11.5 Å². The molecule has 0 aromatic heterocycles. The van der Waals surface area contributed by atoms with E-state index < -0.39 is 0 Å². The predicted molar refractivity (Wildman–Crippen MR) is 95.3 cm³/mol. The fourth-order valence-corrected chi connectivity index (χ4v) is 2.20. The molecule has 2 rings (SSSR count). The number of hydrogen-bond acceptors (Lipinski definition) is 4. The van der Waals surface area contributed by atoms with Gasteiger partial charge in [0.15, 0.2) is 11.5 Å². The van der Waals surface area contributed by atoms with Gasteiger partial charge < -0.3 is 9.47 Å². The van der Waals surface area contributed by atoms with Gasteiger partial charge in [0.05, 0.1) is 19.4 Å². The van der Waals surface area contributed by atoms with Crippen LogP contribution in [-0.2, 0) is 0 Å². The van der Waals surface area contributed by atoms with Crippen LogP contribution in [0.25, 0.3) is 0 Å². The van der Waals surface area contributed by atoms with Gasteiger partial charge >= 0.3 is 0 Å². The van der Waals surface area contributed by atoms with Gasteiger partial charge in [-0.15, -0.1) is 0 Å². The maximum Gasteiger partial charge on any atom is 0.271 e. The summed E-state index contributed by atoms with van der Waals surface area (Å²) in [5, 5.41) is 4.48. The number of carbonyl (C=O) groups excluding carboxylic acids is 1. The van der Waals surface area contributed by atoms with Gasteiger partial charge in [-0.05, 0) is 44.2 Å². The summed E-state index contributed by atoms with van der Waals surface area (Å²) in [5.41, 5.74) is 3.61. The molecule has 0 bridgehead atoms. The first kappa shape index (κ1) is 17.8.